The van der Waals surface area contributed by atoms with Gasteiger partial charge in [-0.05, 0) is 113 Å². The van der Waals surface area contributed by atoms with Crippen LogP contribution in [0.25, 0.3) is 33.5 Å². The second kappa shape index (κ2) is 18.3. The number of fused-ring (bicyclic) bond motifs is 6. The summed E-state index contributed by atoms with van der Waals surface area (Å²) in [5.41, 5.74) is 20.7. The van der Waals surface area contributed by atoms with Crippen LogP contribution in [0.5, 0.6) is 0 Å². The second-order valence-electron chi connectivity index (χ2n) is 14.2. The number of aryl methyl sites for hydroxylation is 1. The number of allylic oxidation sites excluding steroid dienone is 5. The van der Waals surface area contributed by atoms with Crippen LogP contribution in [-0.4, -0.2) is 5.71 Å². The average Bonchev–Trinajstić information content (AvgIpc) is 3.82. The highest BCUT2D eigenvalue weighted by Gasteiger charge is 2.29. The van der Waals surface area contributed by atoms with Gasteiger partial charge in [0.2, 0.25) is 0 Å². The predicted molar refractivity (Wildman–Crippen MR) is 240 cm³/mol. The Morgan fingerprint density at radius 1 is 0.618 bits per heavy atom. The summed E-state index contributed by atoms with van der Waals surface area (Å²) < 4.78 is 0. The first-order chi connectivity index (χ1) is 26.9. The Labute approximate surface area is 329 Å². The van der Waals surface area contributed by atoms with Crippen molar-refractivity contribution >= 4 is 17.0 Å². The number of aliphatic imine (C=N–C) groups is 1. The third-order valence-electron chi connectivity index (χ3n) is 10.5. The smallest absolute Gasteiger partial charge is 0.0633 e. The molecule has 1 unspecified atom stereocenters. The SMILES string of the molecule is C1=CCC2C(=C1)Cc1c(-c3ccccc3)cccc12.C=C(C)c1ccccc1.C=C(N=C(C)c1ccc2c(c1)Cc1cccc(C)c1-2)c1ccccc1.CC. The summed E-state index contributed by atoms with van der Waals surface area (Å²) in [6, 6.07) is 51.1. The van der Waals surface area contributed by atoms with E-state index in [0.29, 0.717) is 5.92 Å². The van der Waals surface area contributed by atoms with E-state index < -0.39 is 0 Å². The van der Waals surface area contributed by atoms with Crippen LogP contribution in [0.4, 0.5) is 0 Å². The molecule has 1 atom stereocenters. The third kappa shape index (κ3) is 9.02. The van der Waals surface area contributed by atoms with Crippen LogP contribution in [0.15, 0.2) is 188 Å². The summed E-state index contributed by atoms with van der Waals surface area (Å²) in [7, 11) is 0. The largest absolute Gasteiger partial charge is 0.253 e. The van der Waals surface area contributed by atoms with Crippen molar-refractivity contribution in [2.24, 2.45) is 4.99 Å². The van der Waals surface area contributed by atoms with Crippen LogP contribution in [0.2, 0.25) is 0 Å². The minimum absolute atomic E-state index is 0.628. The molecule has 0 N–H and O–H groups in total. The zero-order chi connectivity index (χ0) is 38.7. The highest BCUT2D eigenvalue weighted by molar-refractivity contribution is 6.02. The Kier molecular flexibility index (Phi) is 12.9. The van der Waals surface area contributed by atoms with Crippen LogP contribution in [-0.2, 0) is 12.8 Å². The average molecular weight is 716 g/mol. The molecule has 0 saturated carbocycles. The molecule has 3 aliphatic rings. The summed E-state index contributed by atoms with van der Waals surface area (Å²) >= 11 is 0. The fourth-order valence-electron chi connectivity index (χ4n) is 7.76. The minimum Gasteiger partial charge on any atom is -0.253 e. The Bertz CT molecular complexity index is 2350. The lowest BCUT2D eigenvalue weighted by Crippen LogP contribution is -1.97. The van der Waals surface area contributed by atoms with Gasteiger partial charge in [-0.25, -0.2) is 0 Å². The second-order valence-corrected chi connectivity index (χ2v) is 14.2. The molecule has 55 heavy (non-hydrogen) atoms. The van der Waals surface area contributed by atoms with E-state index >= 15 is 0 Å². The summed E-state index contributed by atoms with van der Waals surface area (Å²) in [4.78, 5) is 4.73. The van der Waals surface area contributed by atoms with Crippen molar-refractivity contribution in [3.05, 3.63) is 227 Å². The normalized spacial score (nSPS) is 14.2. The minimum atomic E-state index is 0.628. The first-order valence-electron chi connectivity index (χ1n) is 19.6. The van der Waals surface area contributed by atoms with Gasteiger partial charge in [0.25, 0.3) is 0 Å². The van der Waals surface area contributed by atoms with E-state index in [9.17, 15) is 0 Å². The monoisotopic (exact) mass is 715 g/mol. The van der Waals surface area contributed by atoms with Gasteiger partial charge in [-0.3, -0.25) is 4.99 Å². The van der Waals surface area contributed by atoms with E-state index in [2.05, 4.69) is 142 Å². The first-order valence-corrected chi connectivity index (χ1v) is 19.6. The summed E-state index contributed by atoms with van der Waals surface area (Å²) in [5.74, 6) is 0.628. The number of rotatable bonds is 5. The molecule has 0 aromatic heterocycles. The van der Waals surface area contributed by atoms with Gasteiger partial charge in [-0.2, -0.15) is 0 Å². The molecule has 0 bridgehead atoms. The zero-order valence-corrected chi connectivity index (χ0v) is 33.1. The van der Waals surface area contributed by atoms with Gasteiger partial charge in [0.1, 0.15) is 0 Å². The van der Waals surface area contributed by atoms with Gasteiger partial charge < -0.3 is 0 Å². The van der Waals surface area contributed by atoms with Gasteiger partial charge in [0.15, 0.2) is 0 Å². The van der Waals surface area contributed by atoms with Crippen molar-refractivity contribution in [2.45, 2.75) is 59.8 Å². The molecule has 0 radical (unpaired) electrons. The van der Waals surface area contributed by atoms with Gasteiger partial charge in [-0.1, -0.05) is 196 Å². The van der Waals surface area contributed by atoms with E-state index in [1.54, 1.807) is 5.57 Å². The van der Waals surface area contributed by atoms with Gasteiger partial charge in [-0.15, -0.1) is 0 Å². The van der Waals surface area contributed by atoms with E-state index in [0.717, 1.165) is 41.8 Å². The number of hydrogen-bond donors (Lipinski definition) is 0. The molecule has 9 rings (SSSR count). The molecule has 0 heterocycles. The molecule has 3 aliphatic carbocycles. The molecule has 0 spiro atoms. The van der Waals surface area contributed by atoms with E-state index in [1.165, 1.54) is 61.2 Å². The summed E-state index contributed by atoms with van der Waals surface area (Å²) in [6.07, 6.45) is 10.1. The molecule has 0 amide bonds. The Morgan fingerprint density at radius 2 is 1.27 bits per heavy atom. The Morgan fingerprint density at radius 3 is 1.95 bits per heavy atom. The number of hydrogen-bond acceptors (Lipinski definition) is 1. The lowest BCUT2D eigenvalue weighted by atomic mass is 9.90. The van der Waals surface area contributed by atoms with Gasteiger partial charge >= 0.3 is 0 Å². The van der Waals surface area contributed by atoms with Crippen molar-refractivity contribution < 1.29 is 0 Å². The first kappa shape index (κ1) is 38.7. The van der Waals surface area contributed by atoms with Crippen LogP contribution in [0.3, 0.4) is 0 Å². The standard InChI is InChI=1S/C24H21N.C19H16.C9H10.C2H6/c1-16-8-7-11-21-15-22-14-20(12-13-23(22)24(16)21)18(3)25-17(2)19-9-5-4-6-10-19;1-2-7-14(8-3-1)16-11-6-12-18-17-10-5-4-9-15(17)13-19(16)18;1-8(2)9-6-4-3-5-7-9;1-2/h4-14H,2,15H2,1,3H3;1-9,11-12,17H,10,13H2;3-7H,1H2,2H3;1-2H3. The lowest BCUT2D eigenvalue weighted by molar-refractivity contribution is 0.822. The molecule has 6 aromatic carbocycles. The van der Waals surface area contributed by atoms with Crippen molar-refractivity contribution in [3.8, 4) is 22.3 Å². The van der Waals surface area contributed by atoms with E-state index in [1.807, 2.05) is 69.3 Å². The van der Waals surface area contributed by atoms with Crippen LogP contribution in [0.1, 0.15) is 84.5 Å². The maximum Gasteiger partial charge on any atom is 0.0633 e. The topological polar surface area (TPSA) is 12.4 Å². The Hall–Kier alpha value is -6.05. The fourth-order valence-corrected chi connectivity index (χ4v) is 7.76. The van der Waals surface area contributed by atoms with Crippen molar-refractivity contribution in [1.82, 2.24) is 0 Å². The quantitative estimate of drug-likeness (QED) is 0.157. The van der Waals surface area contributed by atoms with Crippen LogP contribution < -0.4 is 0 Å². The summed E-state index contributed by atoms with van der Waals surface area (Å²) in [5, 5.41) is 0. The maximum atomic E-state index is 4.73. The van der Waals surface area contributed by atoms with Crippen molar-refractivity contribution in [3.63, 3.8) is 0 Å². The van der Waals surface area contributed by atoms with E-state index in [4.69, 9.17) is 4.99 Å². The molecule has 0 saturated heterocycles. The third-order valence-corrected chi connectivity index (χ3v) is 10.5. The van der Waals surface area contributed by atoms with Gasteiger partial charge in [0.05, 0.1) is 5.70 Å². The molecule has 0 aliphatic heterocycles. The molecular weight excluding hydrogens is 663 g/mol. The van der Waals surface area contributed by atoms with Crippen LogP contribution in [0, 0.1) is 6.92 Å². The fraction of sp³-hybridized carbons (Fsp3) is 0.167. The van der Waals surface area contributed by atoms with Gasteiger partial charge in [0, 0.05) is 11.6 Å². The molecule has 1 heteroatoms. The maximum absolute atomic E-state index is 4.73. The molecule has 1 nitrogen and oxygen atoms in total. The van der Waals surface area contributed by atoms with Crippen molar-refractivity contribution in [2.75, 3.05) is 0 Å². The number of nitrogens with zero attached hydrogens (tertiary/aromatic N) is 1. The Balaban J connectivity index is 0.000000151. The zero-order valence-electron chi connectivity index (χ0n) is 33.1. The molecular formula is C54H53N. The van der Waals surface area contributed by atoms with Crippen LogP contribution >= 0.6 is 0 Å². The van der Waals surface area contributed by atoms with Crippen molar-refractivity contribution in [1.29, 1.82) is 0 Å². The molecule has 6 aromatic rings. The summed E-state index contributed by atoms with van der Waals surface area (Å²) in [6.45, 7) is 18.2. The highest BCUT2D eigenvalue weighted by atomic mass is 14.7. The molecule has 0 fully saturated rings. The number of benzene rings is 6. The van der Waals surface area contributed by atoms with E-state index in [-0.39, 0.29) is 0 Å². The molecule has 274 valence electrons. The lowest BCUT2D eigenvalue weighted by Gasteiger charge is -2.14. The highest BCUT2D eigenvalue weighted by Crippen LogP contribution is 2.45. The predicted octanol–water partition coefficient (Wildman–Crippen LogP) is 14.7.